The largest absolute Gasteiger partial charge is 0.445 e. The van der Waals surface area contributed by atoms with Crippen molar-refractivity contribution in [1.29, 1.82) is 0 Å². The molecule has 1 unspecified atom stereocenters. The summed E-state index contributed by atoms with van der Waals surface area (Å²) in [4.78, 5) is 0. The maximum Gasteiger partial charge on any atom is 0.445 e. The molecule has 1 aliphatic rings. The van der Waals surface area contributed by atoms with Crippen LogP contribution in [0, 0.1) is 0 Å². The van der Waals surface area contributed by atoms with Gasteiger partial charge in [-0.15, -0.1) is 9.35 Å². The number of hydrogen-bond donors (Lipinski definition) is 0. The Balaban J connectivity index is 1.92. The fourth-order valence-electron chi connectivity index (χ4n) is 1.82. The van der Waals surface area contributed by atoms with Gasteiger partial charge in [-0.05, 0) is 31.2 Å². The molecule has 122 valence electrons. The van der Waals surface area contributed by atoms with Crippen LogP contribution >= 0.6 is 15.2 Å². The summed E-state index contributed by atoms with van der Waals surface area (Å²) in [6.07, 6.45) is 0. The summed E-state index contributed by atoms with van der Waals surface area (Å²) in [6, 6.07) is 16.9. The molecule has 0 N–H and O–H groups in total. The van der Waals surface area contributed by atoms with Crippen molar-refractivity contribution < 1.29 is 32.6 Å². The van der Waals surface area contributed by atoms with E-state index in [0.29, 0.717) is 11.5 Å². The Morgan fingerprint density at radius 3 is 1.70 bits per heavy atom. The van der Waals surface area contributed by atoms with Gasteiger partial charge in [-0.3, -0.25) is 4.57 Å². The first-order valence-electron chi connectivity index (χ1n) is 6.75. The molecule has 0 saturated carbocycles. The number of rotatable bonds is 6. The molecule has 0 bridgehead atoms. The standard InChI is InChI=1S/C14H14O7P2/c1-12(23(16)20-19-21-23)22(15,17-13-8-4-2-5-9-13)18-14-10-6-3-7-11-14/h2-12H,1H3. The van der Waals surface area contributed by atoms with E-state index in [0.717, 1.165) is 0 Å². The third-order valence-electron chi connectivity index (χ3n) is 3.14. The summed E-state index contributed by atoms with van der Waals surface area (Å²) >= 11 is 0. The third-order valence-corrected chi connectivity index (χ3v) is 8.13. The van der Waals surface area contributed by atoms with E-state index in [2.05, 4.69) is 14.4 Å². The Morgan fingerprint density at radius 2 is 1.35 bits per heavy atom. The highest BCUT2D eigenvalue weighted by Crippen LogP contribution is 2.73. The van der Waals surface area contributed by atoms with Gasteiger partial charge < -0.3 is 9.05 Å². The van der Waals surface area contributed by atoms with Gasteiger partial charge in [0.05, 0.1) is 0 Å². The fourth-order valence-corrected chi connectivity index (χ4v) is 5.32. The monoisotopic (exact) mass is 356 g/mol. The van der Waals surface area contributed by atoms with Crippen molar-refractivity contribution >= 4 is 15.2 Å². The van der Waals surface area contributed by atoms with Crippen LogP contribution < -0.4 is 9.05 Å². The first kappa shape index (κ1) is 16.2. The lowest BCUT2D eigenvalue weighted by molar-refractivity contribution is -0.488. The molecule has 9 heteroatoms. The summed E-state index contributed by atoms with van der Waals surface area (Å²) in [5.41, 5.74) is 0. The van der Waals surface area contributed by atoms with Crippen LogP contribution in [0.2, 0.25) is 0 Å². The molecule has 0 aromatic heterocycles. The molecular formula is C14H14O7P2. The Bertz CT molecular complexity index is 697. The van der Waals surface area contributed by atoms with E-state index in [9.17, 15) is 9.13 Å². The van der Waals surface area contributed by atoms with Crippen molar-refractivity contribution in [3.05, 3.63) is 60.7 Å². The second kappa shape index (κ2) is 6.48. The number of para-hydroxylation sites is 2. The minimum Gasteiger partial charge on any atom is -0.415 e. The van der Waals surface area contributed by atoms with Crippen molar-refractivity contribution in [3.63, 3.8) is 0 Å². The minimum absolute atomic E-state index is 0.312. The molecule has 0 radical (unpaired) electrons. The van der Waals surface area contributed by atoms with Gasteiger partial charge in [0, 0.05) is 0 Å². The zero-order chi connectivity index (χ0) is 16.3. The minimum atomic E-state index is -3.93. The molecule has 2 aromatic carbocycles. The molecule has 0 amide bonds. The summed E-state index contributed by atoms with van der Waals surface area (Å²) in [5.74, 6) is 0.623. The van der Waals surface area contributed by atoms with Gasteiger partial charge in [0.25, 0.3) is 0 Å². The second-order valence-corrected chi connectivity index (χ2v) is 9.52. The molecule has 2 aromatic rings. The lowest BCUT2D eigenvalue weighted by atomic mass is 10.3. The Morgan fingerprint density at radius 1 is 0.913 bits per heavy atom. The Kier molecular flexibility index (Phi) is 4.57. The smallest absolute Gasteiger partial charge is 0.415 e. The van der Waals surface area contributed by atoms with Crippen LogP contribution in [0.15, 0.2) is 60.7 Å². The van der Waals surface area contributed by atoms with Crippen molar-refractivity contribution in [2.75, 3.05) is 0 Å². The van der Waals surface area contributed by atoms with E-state index in [1.54, 1.807) is 60.7 Å². The maximum absolute atomic E-state index is 13.3. The van der Waals surface area contributed by atoms with Gasteiger partial charge in [-0.25, -0.2) is 4.57 Å². The molecule has 1 atom stereocenters. The van der Waals surface area contributed by atoms with Crippen molar-refractivity contribution in [2.45, 2.75) is 12.3 Å². The molecule has 3 rings (SSSR count). The molecule has 0 spiro atoms. The van der Waals surface area contributed by atoms with Gasteiger partial charge in [-0.2, -0.15) is 0 Å². The van der Waals surface area contributed by atoms with Crippen molar-refractivity contribution in [3.8, 4) is 11.5 Å². The van der Waals surface area contributed by atoms with Crippen molar-refractivity contribution in [2.24, 2.45) is 0 Å². The lowest BCUT2D eigenvalue weighted by Gasteiger charge is -2.31. The summed E-state index contributed by atoms with van der Waals surface area (Å²) in [6.45, 7) is 1.40. The van der Waals surface area contributed by atoms with Crippen LogP contribution in [-0.4, -0.2) is 5.40 Å². The van der Waals surface area contributed by atoms with Crippen LogP contribution in [-0.2, 0) is 23.5 Å². The predicted octanol–water partition coefficient (Wildman–Crippen LogP) is 4.77. The number of benzene rings is 2. The van der Waals surface area contributed by atoms with E-state index in [4.69, 9.17) is 9.05 Å². The van der Waals surface area contributed by atoms with E-state index < -0.39 is 20.6 Å². The summed E-state index contributed by atoms with van der Waals surface area (Å²) < 4.78 is 45.6. The molecule has 1 aliphatic heterocycles. The van der Waals surface area contributed by atoms with E-state index in [1.807, 2.05) is 0 Å². The quantitative estimate of drug-likeness (QED) is 0.545. The summed E-state index contributed by atoms with van der Waals surface area (Å²) in [7, 11) is -7.65. The van der Waals surface area contributed by atoms with E-state index in [-0.39, 0.29) is 0 Å². The average molecular weight is 356 g/mol. The van der Waals surface area contributed by atoms with Crippen LogP contribution in [0.25, 0.3) is 0 Å². The lowest BCUT2D eigenvalue weighted by Crippen LogP contribution is -2.22. The van der Waals surface area contributed by atoms with E-state index >= 15 is 0 Å². The molecule has 7 nitrogen and oxygen atoms in total. The fraction of sp³-hybridized carbons (Fsp3) is 0.143. The topological polar surface area (TPSA) is 80.3 Å². The second-order valence-electron chi connectivity index (χ2n) is 4.74. The van der Waals surface area contributed by atoms with Gasteiger partial charge in [0.15, 0.2) is 5.40 Å². The zero-order valence-electron chi connectivity index (χ0n) is 12.1. The third kappa shape index (κ3) is 3.50. The molecule has 23 heavy (non-hydrogen) atoms. The highest BCUT2D eigenvalue weighted by molar-refractivity contribution is 7.73. The first-order chi connectivity index (χ1) is 11.0. The first-order valence-corrected chi connectivity index (χ1v) is 9.98. The Labute approximate surface area is 133 Å². The highest BCUT2D eigenvalue weighted by atomic mass is 31.2. The van der Waals surface area contributed by atoms with Gasteiger partial charge in [-0.1, -0.05) is 41.4 Å². The predicted molar refractivity (Wildman–Crippen MR) is 82.1 cm³/mol. The average Bonchev–Trinajstić information content (AvgIpc) is 2.53. The van der Waals surface area contributed by atoms with Gasteiger partial charge in [0.1, 0.15) is 11.5 Å². The van der Waals surface area contributed by atoms with Crippen molar-refractivity contribution in [1.82, 2.24) is 0 Å². The molecular weight excluding hydrogens is 342 g/mol. The van der Waals surface area contributed by atoms with Crippen LogP contribution in [0.4, 0.5) is 0 Å². The van der Waals surface area contributed by atoms with E-state index in [1.165, 1.54) is 6.92 Å². The zero-order valence-corrected chi connectivity index (χ0v) is 13.9. The molecule has 0 aliphatic carbocycles. The SMILES string of the molecule is CC(P1(=O)OOO1)P(=O)(Oc1ccccc1)Oc1ccccc1. The Hall–Kier alpha value is -1.62. The van der Waals surface area contributed by atoms with Gasteiger partial charge in [0.2, 0.25) is 0 Å². The number of hydrogen-bond acceptors (Lipinski definition) is 7. The van der Waals surface area contributed by atoms with Crippen LogP contribution in [0.1, 0.15) is 6.92 Å². The molecule has 1 saturated heterocycles. The molecule has 1 fully saturated rings. The van der Waals surface area contributed by atoms with Crippen LogP contribution in [0.3, 0.4) is 0 Å². The highest BCUT2D eigenvalue weighted by Gasteiger charge is 2.57. The van der Waals surface area contributed by atoms with Crippen LogP contribution in [0.5, 0.6) is 11.5 Å². The molecule has 1 heterocycles. The normalized spacial score (nSPS) is 17.8. The summed E-state index contributed by atoms with van der Waals surface area (Å²) in [5, 5.41) is 2.88. The van der Waals surface area contributed by atoms with Gasteiger partial charge >= 0.3 is 15.2 Å². The maximum atomic E-state index is 13.3.